The van der Waals surface area contributed by atoms with Gasteiger partial charge in [-0.05, 0) is 37.1 Å². The molecule has 0 radical (unpaired) electrons. The van der Waals surface area contributed by atoms with Gasteiger partial charge < -0.3 is 18.9 Å². The number of rotatable bonds is 11. The molecule has 1 N–H and O–H groups in total. The first-order valence-electron chi connectivity index (χ1n) is 14.8. The number of carbonyl (C=O) groups is 3. The van der Waals surface area contributed by atoms with Gasteiger partial charge in [0.1, 0.15) is 0 Å². The Bertz CT molecular complexity index is 1590. The highest BCUT2D eigenvalue weighted by Crippen LogP contribution is 2.40. The Morgan fingerprint density at radius 3 is 2.22 bits per heavy atom. The molecular weight excluding hydrogens is 580 g/mol. The number of carbonyl (C=O) groups excluding carboxylic acids is 3. The van der Waals surface area contributed by atoms with E-state index in [1.165, 1.54) is 25.1 Å². The molecule has 2 amide bonds. The van der Waals surface area contributed by atoms with Crippen molar-refractivity contribution in [3.63, 3.8) is 0 Å². The summed E-state index contributed by atoms with van der Waals surface area (Å²) in [4.78, 5) is 52.8. The average Bonchev–Trinajstić information content (AvgIpc) is 3.59. The number of amides is 2. The van der Waals surface area contributed by atoms with Crippen molar-refractivity contribution < 1.29 is 33.3 Å². The van der Waals surface area contributed by atoms with Crippen LogP contribution in [0.5, 0.6) is 5.88 Å². The lowest BCUT2D eigenvalue weighted by Gasteiger charge is -2.24. The molecule has 0 bridgehead atoms. The second kappa shape index (κ2) is 14.3. The summed E-state index contributed by atoms with van der Waals surface area (Å²) in [7, 11) is 0. The zero-order valence-electron chi connectivity index (χ0n) is 25.6. The number of benzene rings is 2. The molecule has 13 nitrogen and oxygen atoms in total. The number of imidazole rings is 1. The van der Waals surface area contributed by atoms with Crippen LogP contribution in [0.25, 0.3) is 11.2 Å². The molecule has 4 aromatic rings. The number of esters is 1. The Morgan fingerprint density at radius 1 is 0.978 bits per heavy atom. The van der Waals surface area contributed by atoms with E-state index >= 15 is 0 Å². The summed E-state index contributed by atoms with van der Waals surface area (Å²) in [6, 6.07) is 18.0. The van der Waals surface area contributed by atoms with Crippen molar-refractivity contribution >= 4 is 46.5 Å². The van der Waals surface area contributed by atoms with Crippen molar-refractivity contribution in [3.05, 3.63) is 67.0 Å². The lowest BCUT2D eigenvalue weighted by Crippen LogP contribution is -2.34. The van der Waals surface area contributed by atoms with E-state index in [9.17, 15) is 14.4 Å². The molecule has 2 aromatic heterocycles. The molecular formula is C32H36N6O7. The summed E-state index contributed by atoms with van der Waals surface area (Å²) >= 11 is 0. The minimum atomic E-state index is -0.826. The van der Waals surface area contributed by atoms with Gasteiger partial charge in [0.25, 0.3) is 5.88 Å². The third-order valence-corrected chi connectivity index (χ3v) is 7.20. The quantitative estimate of drug-likeness (QED) is 0.171. The molecule has 2 aromatic carbocycles. The zero-order valence-corrected chi connectivity index (χ0v) is 25.6. The summed E-state index contributed by atoms with van der Waals surface area (Å²) in [6.45, 7) is 7.54. The summed E-state index contributed by atoms with van der Waals surface area (Å²) < 4.78 is 25.5. The Labute approximate surface area is 260 Å². The Hall–Kier alpha value is -4.88. The second-order valence-corrected chi connectivity index (χ2v) is 10.5. The number of hydrogen-bond donors (Lipinski definition) is 1. The fourth-order valence-corrected chi connectivity index (χ4v) is 5.31. The predicted octanol–water partition coefficient (Wildman–Crippen LogP) is 5.40. The third kappa shape index (κ3) is 7.10. The minimum Gasteiger partial charge on any atom is -0.457 e. The number of nitrogens with one attached hydrogen (secondary N) is 1. The highest BCUT2D eigenvalue weighted by molar-refractivity contribution is 5.98. The van der Waals surface area contributed by atoms with Crippen LogP contribution < -0.4 is 15.0 Å². The van der Waals surface area contributed by atoms with E-state index in [1.807, 2.05) is 50.2 Å². The molecule has 236 valence electrons. The summed E-state index contributed by atoms with van der Waals surface area (Å²) in [5.74, 6) is -1.45. The lowest BCUT2D eigenvalue weighted by atomic mass is 9.97. The average molecular weight is 617 g/mol. The minimum absolute atomic E-state index is 0.109. The molecule has 1 saturated heterocycles. The van der Waals surface area contributed by atoms with Crippen molar-refractivity contribution in [2.45, 2.75) is 59.0 Å². The number of ether oxygens (including phenoxy) is 4. The predicted molar refractivity (Wildman–Crippen MR) is 165 cm³/mol. The molecule has 13 heteroatoms. The molecule has 1 aliphatic rings. The number of anilines is 3. The van der Waals surface area contributed by atoms with Crippen LogP contribution in [0.3, 0.4) is 0 Å². The van der Waals surface area contributed by atoms with Gasteiger partial charge in [-0.1, -0.05) is 50.2 Å². The van der Waals surface area contributed by atoms with E-state index in [1.54, 1.807) is 28.8 Å². The highest BCUT2D eigenvalue weighted by Gasteiger charge is 2.47. The first-order chi connectivity index (χ1) is 21.8. The van der Waals surface area contributed by atoms with E-state index in [4.69, 9.17) is 18.9 Å². The monoisotopic (exact) mass is 616 g/mol. The van der Waals surface area contributed by atoms with Crippen molar-refractivity contribution in [2.75, 3.05) is 23.4 Å². The number of fused-ring (bicyclic) bond motifs is 1. The molecule has 45 heavy (non-hydrogen) atoms. The van der Waals surface area contributed by atoms with Gasteiger partial charge in [0.05, 0.1) is 36.3 Å². The molecule has 0 saturated carbocycles. The number of nitrogens with zero attached hydrogens (tertiary/aromatic N) is 5. The van der Waals surface area contributed by atoms with Crippen LogP contribution in [-0.4, -0.2) is 62.9 Å². The Kier molecular flexibility index (Phi) is 10.0. The fraction of sp³-hybridized carbons (Fsp3) is 0.375. The van der Waals surface area contributed by atoms with Crippen molar-refractivity contribution in [2.24, 2.45) is 5.92 Å². The van der Waals surface area contributed by atoms with Crippen LogP contribution in [-0.2, 0) is 23.8 Å². The Balaban J connectivity index is 1.56. The van der Waals surface area contributed by atoms with Gasteiger partial charge in [-0.25, -0.2) is 14.7 Å². The molecule has 5 rings (SSSR count). The van der Waals surface area contributed by atoms with Gasteiger partial charge in [0, 0.05) is 20.5 Å². The summed E-state index contributed by atoms with van der Waals surface area (Å²) in [6.07, 6.45) is 0.354. The molecule has 1 fully saturated rings. The maximum atomic E-state index is 13.8. The maximum Gasteiger partial charge on any atom is 0.425 e. The van der Waals surface area contributed by atoms with Crippen LogP contribution in [0, 0.1) is 5.92 Å². The van der Waals surface area contributed by atoms with E-state index in [2.05, 4.69) is 20.3 Å². The molecule has 4 atom stereocenters. The topological polar surface area (TPSA) is 147 Å². The lowest BCUT2D eigenvalue weighted by molar-refractivity contribution is -0.154. The van der Waals surface area contributed by atoms with Gasteiger partial charge in [-0.2, -0.15) is 9.97 Å². The van der Waals surface area contributed by atoms with Crippen LogP contribution in [0.2, 0.25) is 0 Å². The molecule has 1 aliphatic heterocycles. The molecule has 3 heterocycles. The zero-order chi connectivity index (χ0) is 31.9. The van der Waals surface area contributed by atoms with Gasteiger partial charge in [-0.15, -0.1) is 0 Å². The van der Waals surface area contributed by atoms with Crippen molar-refractivity contribution in [1.29, 1.82) is 0 Å². The first-order valence-corrected chi connectivity index (χ1v) is 14.8. The Morgan fingerprint density at radius 2 is 1.64 bits per heavy atom. The normalized spacial score (nSPS) is 19.3. The van der Waals surface area contributed by atoms with Crippen LogP contribution in [0.4, 0.5) is 22.1 Å². The standard InChI is InChI=1S/C32H36N6O7/c1-5-17-42-18-24-25(6-2)44-30(27(24)43-21(4)40)37-19-33-26-28(37)35-31(34-20(3)39)36-29(26)45-32(41)38(22-13-9-7-10-14-22)23-15-11-8-12-16-23/h7-16,19,24-25,27,30H,5-6,17-18H2,1-4H3,(H,34,35,36,39)/t24-,25-,27-,30-/m1/s1. The van der Waals surface area contributed by atoms with Crippen LogP contribution in [0.1, 0.15) is 46.8 Å². The smallest absolute Gasteiger partial charge is 0.425 e. The molecule has 0 unspecified atom stereocenters. The van der Waals surface area contributed by atoms with E-state index < -0.39 is 30.3 Å². The number of hydrogen-bond acceptors (Lipinski definition) is 10. The van der Waals surface area contributed by atoms with Gasteiger partial charge in [0.15, 0.2) is 23.5 Å². The molecule has 0 spiro atoms. The van der Waals surface area contributed by atoms with Crippen LogP contribution >= 0.6 is 0 Å². The SMILES string of the molecule is CCCOC[C@H]1[C@@H](OC(C)=O)[C@H](n2cnc3c(OC(=O)N(c4ccccc4)c4ccccc4)nc(NC(C)=O)nc32)O[C@@H]1CC. The third-order valence-electron chi connectivity index (χ3n) is 7.20. The van der Waals surface area contributed by atoms with Gasteiger partial charge >= 0.3 is 12.1 Å². The largest absolute Gasteiger partial charge is 0.457 e. The van der Waals surface area contributed by atoms with Gasteiger partial charge in [0.2, 0.25) is 11.9 Å². The van der Waals surface area contributed by atoms with E-state index in [-0.39, 0.29) is 35.0 Å². The number of aromatic nitrogens is 4. The van der Waals surface area contributed by atoms with E-state index in [0.717, 1.165) is 6.42 Å². The summed E-state index contributed by atoms with van der Waals surface area (Å²) in [5.41, 5.74) is 1.48. The maximum absolute atomic E-state index is 13.8. The number of para-hydroxylation sites is 2. The fourth-order valence-electron chi connectivity index (χ4n) is 5.31. The summed E-state index contributed by atoms with van der Waals surface area (Å²) in [5, 5.41) is 2.56. The second-order valence-electron chi connectivity index (χ2n) is 10.5. The van der Waals surface area contributed by atoms with Gasteiger partial charge in [-0.3, -0.25) is 19.5 Å². The van der Waals surface area contributed by atoms with Crippen molar-refractivity contribution in [3.8, 4) is 5.88 Å². The van der Waals surface area contributed by atoms with Crippen LogP contribution in [0.15, 0.2) is 67.0 Å². The highest BCUT2D eigenvalue weighted by atomic mass is 16.6. The van der Waals surface area contributed by atoms with E-state index in [0.29, 0.717) is 31.0 Å². The van der Waals surface area contributed by atoms with Crippen molar-refractivity contribution in [1.82, 2.24) is 19.5 Å². The molecule has 0 aliphatic carbocycles. The first kappa shape index (κ1) is 31.5.